The molecule has 1 unspecified atom stereocenters. The lowest BCUT2D eigenvalue weighted by molar-refractivity contribution is -0.139. The highest BCUT2D eigenvalue weighted by molar-refractivity contribution is 5.82. The number of rotatable bonds is 7. The van der Waals surface area contributed by atoms with E-state index in [1.165, 1.54) is 6.08 Å². The predicted molar refractivity (Wildman–Crippen MR) is 69.7 cm³/mol. The van der Waals surface area contributed by atoms with Crippen molar-refractivity contribution < 1.29 is 14.7 Å². The van der Waals surface area contributed by atoms with Crippen LogP contribution >= 0.6 is 0 Å². The first-order valence-corrected chi connectivity index (χ1v) is 5.89. The van der Waals surface area contributed by atoms with Gasteiger partial charge >= 0.3 is 12.0 Å². The summed E-state index contributed by atoms with van der Waals surface area (Å²) in [5.41, 5.74) is 0.865. The van der Waals surface area contributed by atoms with Gasteiger partial charge in [-0.2, -0.15) is 5.10 Å². The largest absolute Gasteiger partial charge is 0.480 e. The van der Waals surface area contributed by atoms with Crippen molar-refractivity contribution in [2.75, 3.05) is 6.54 Å². The van der Waals surface area contributed by atoms with Crippen LogP contribution in [0.4, 0.5) is 4.79 Å². The Bertz CT molecular complexity index is 456. The van der Waals surface area contributed by atoms with Crippen LogP contribution in [0.1, 0.15) is 12.1 Å². The first kappa shape index (κ1) is 14.7. The Morgan fingerprint density at radius 1 is 1.63 bits per heavy atom. The molecule has 0 saturated carbocycles. The Kier molecular flexibility index (Phi) is 5.59. The molecule has 7 nitrogen and oxygen atoms in total. The van der Waals surface area contributed by atoms with Crippen molar-refractivity contribution in [3.05, 3.63) is 30.6 Å². The van der Waals surface area contributed by atoms with Crippen LogP contribution in [0.25, 0.3) is 0 Å². The van der Waals surface area contributed by atoms with Gasteiger partial charge in [0.1, 0.15) is 6.04 Å². The van der Waals surface area contributed by atoms with E-state index in [2.05, 4.69) is 22.3 Å². The molecule has 1 rings (SSSR count). The zero-order chi connectivity index (χ0) is 14.3. The Hall–Kier alpha value is -2.31. The van der Waals surface area contributed by atoms with Crippen LogP contribution in [0.15, 0.2) is 24.9 Å². The lowest BCUT2D eigenvalue weighted by Crippen LogP contribution is -2.46. The SMILES string of the molecule is C=CCC(NC(=O)NCCc1ccn(C)n1)C(=O)O. The van der Waals surface area contributed by atoms with Crippen molar-refractivity contribution in [1.29, 1.82) is 0 Å². The van der Waals surface area contributed by atoms with Gasteiger partial charge in [0.05, 0.1) is 5.69 Å². The summed E-state index contributed by atoms with van der Waals surface area (Å²) in [6.07, 6.45) is 4.04. The number of aromatic nitrogens is 2. The number of aliphatic carboxylic acids is 1. The number of carboxylic acids is 1. The molecule has 19 heavy (non-hydrogen) atoms. The molecule has 1 heterocycles. The Labute approximate surface area is 111 Å². The van der Waals surface area contributed by atoms with Crippen molar-refractivity contribution in [2.45, 2.75) is 18.9 Å². The second-order valence-electron chi connectivity index (χ2n) is 4.05. The standard InChI is InChI=1S/C12H18N4O3/c1-3-4-10(11(17)18)14-12(19)13-7-5-9-6-8-16(2)15-9/h3,6,8,10H,1,4-5,7H2,2H3,(H,17,18)(H2,13,14,19). The van der Waals surface area contributed by atoms with Crippen LogP contribution in [-0.2, 0) is 18.3 Å². The van der Waals surface area contributed by atoms with Crippen LogP contribution in [0, 0.1) is 0 Å². The van der Waals surface area contributed by atoms with Gasteiger partial charge in [-0.3, -0.25) is 4.68 Å². The first-order chi connectivity index (χ1) is 9.02. The van der Waals surface area contributed by atoms with E-state index < -0.39 is 18.0 Å². The highest BCUT2D eigenvalue weighted by Crippen LogP contribution is 1.95. The molecule has 0 spiro atoms. The third kappa shape index (κ3) is 5.24. The minimum Gasteiger partial charge on any atom is -0.480 e. The normalized spacial score (nSPS) is 11.6. The predicted octanol–water partition coefficient (Wildman–Crippen LogP) is 0.291. The summed E-state index contributed by atoms with van der Waals surface area (Å²) in [5.74, 6) is -1.08. The number of nitrogens with zero attached hydrogens (tertiary/aromatic N) is 2. The number of carbonyl (C=O) groups excluding carboxylic acids is 1. The zero-order valence-electron chi connectivity index (χ0n) is 10.8. The van der Waals surface area contributed by atoms with E-state index in [4.69, 9.17) is 5.11 Å². The van der Waals surface area contributed by atoms with Crippen LogP contribution in [0.5, 0.6) is 0 Å². The Morgan fingerprint density at radius 2 is 2.37 bits per heavy atom. The van der Waals surface area contributed by atoms with Crippen LogP contribution in [0.2, 0.25) is 0 Å². The molecule has 0 fully saturated rings. The molecule has 1 aromatic heterocycles. The number of carboxylic acid groups (broad SMARTS) is 1. The first-order valence-electron chi connectivity index (χ1n) is 5.89. The number of hydrogen-bond donors (Lipinski definition) is 3. The van der Waals surface area contributed by atoms with Gasteiger partial charge in [0.2, 0.25) is 0 Å². The summed E-state index contributed by atoms with van der Waals surface area (Å²) in [7, 11) is 1.82. The second kappa shape index (κ2) is 7.20. The van der Waals surface area contributed by atoms with Gasteiger partial charge in [-0.1, -0.05) is 6.08 Å². The fourth-order valence-corrected chi connectivity index (χ4v) is 1.50. The van der Waals surface area contributed by atoms with E-state index in [-0.39, 0.29) is 6.42 Å². The second-order valence-corrected chi connectivity index (χ2v) is 4.05. The minimum absolute atomic E-state index is 0.184. The molecule has 0 saturated heterocycles. The van der Waals surface area contributed by atoms with E-state index in [1.54, 1.807) is 4.68 Å². The monoisotopic (exact) mass is 266 g/mol. The van der Waals surface area contributed by atoms with Crippen molar-refractivity contribution in [3.8, 4) is 0 Å². The molecule has 2 amide bonds. The fraction of sp³-hybridized carbons (Fsp3) is 0.417. The maximum Gasteiger partial charge on any atom is 0.326 e. The molecular weight excluding hydrogens is 248 g/mol. The van der Waals surface area contributed by atoms with E-state index >= 15 is 0 Å². The molecule has 0 aliphatic heterocycles. The summed E-state index contributed by atoms with van der Waals surface area (Å²) in [6, 6.07) is 0.398. The van der Waals surface area contributed by atoms with Gasteiger partial charge in [-0.25, -0.2) is 9.59 Å². The van der Waals surface area contributed by atoms with Gasteiger partial charge < -0.3 is 15.7 Å². The van der Waals surface area contributed by atoms with Crippen molar-refractivity contribution >= 4 is 12.0 Å². The van der Waals surface area contributed by atoms with E-state index in [1.807, 2.05) is 19.3 Å². The molecule has 0 aliphatic carbocycles. The van der Waals surface area contributed by atoms with Gasteiger partial charge in [-0.05, 0) is 12.5 Å². The van der Waals surface area contributed by atoms with Crippen LogP contribution in [-0.4, -0.2) is 39.5 Å². The third-order valence-corrected chi connectivity index (χ3v) is 2.44. The molecule has 3 N–H and O–H groups in total. The molecule has 0 bridgehead atoms. The van der Waals surface area contributed by atoms with Crippen molar-refractivity contribution in [1.82, 2.24) is 20.4 Å². The highest BCUT2D eigenvalue weighted by Gasteiger charge is 2.17. The fourth-order valence-electron chi connectivity index (χ4n) is 1.50. The van der Waals surface area contributed by atoms with Gasteiger partial charge in [0, 0.05) is 26.2 Å². The quantitative estimate of drug-likeness (QED) is 0.618. The summed E-state index contributed by atoms with van der Waals surface area (Å²) >= 11 is 0. The van der Waals surface area contributed by atoms with Crippen LogP contribution < -0.4 is 10.6 Å². The molecule has 0 radical (unpaired) electrons. The number of nitrogens with one attached hydrogen (secondary N) is 2. The number of urea groups is 1. The van der Waals surface area contributed by atoms with Crippen molar-refractivity contribution in [3.63, 3.8) is 0 Å². The van der Waals surface area contributed by atoms with Gasteiger partial charge in [-0.15, -0.1) is 6.58 Å². The highest BCUT2D eigenvalue weighted by atomic mass is 16.4. The summed E-state index contributed by atoms with van der Waals surface area (Å²) in [5, 5.41) is 18.0. The van der Waals surface area contributed by atoms with Gasteiger partial charge in [0.25, 0.3) is 0 Å². The average molecular weight is 266 g/mol. The Morgan fingerprint density at radius 3 is 2.89 bits per heavy atom. The Balaban J connectivity index is 2.30. The molecule has 1 atom stereocenters. The molecular formula is C12H18N4O3. The zero-order valence-corrected chi connectivity index (χ0v) is 10.8. The van der Waals surface area contributed by atoms with E-state index in [0.717, 1.165) is 5.69 Å². The molecule has 7 heteroatoms. The van der Waals surface area contributed by atoms with Crippen LogP contribution in [0.3, 0.4) is 0 Å². The van der Waals surface area contributed by atoms with Gasteiger partial charge in [0.15, 0.2) is 0 Å². The summed E-state index contributed by atoms with van der Waals surface area (Å²) < 4.78 is 1.68. The third-order valence-electron chi connectivity index (χ3n) is 2.44. The maximum absolute atomic E-state index is 11.5. The number of carbonyl (C=O) groups is 2. The number of aryl methyl sites for hydroxylation is 1. The van der Waals surface area contributed by atoms with E-state index in [0.29, 0.717) is 13.0 Å². The van der Waals surface area contributed by atoms with Crippen molar-refractivity contribution in [2.24, 2.45) is 7.05 Å². The molecule has 0 aromatic carbocycles. The maximum atomic E-state index is 11.5. The number of amides is 2. The van der Waals surface area contributed by atoms with E-state index in [9.17, 15) is 9.59 Å². The minimum atomic E-state index is -1.08. The average Bonchev–Trinajstić information content (AvgIpc) is 2.74. The molecule has 104 valence electrons. The summed E-state index contributed by atoms with van der Waals surface area (Å²) in [6.45, 7) is 3.84. The smallest absolute Gasteiger partial charge is 0.326 e. The summed E-state index contributed by atoms with van der Waals surface area (Å²) in [4.78, 5) is 22.3. The molecule has 1 aromatic rings. The molecule has 0 aliphatic rings. The topological polar surface area (TPSA) is 96.3 Å². The lowest BCUT2D eigenvalue weighted by atomic mass is 10.2. The lowest BCUT2D eigenvalue weighted by Gasteiger charge is -2.13. The number of hydrogen-bond acceptors (Lipinski definition) is 3.